The van der Waals surface area contributed by atoms with Crippen LogP contribution in [0.2, 0.25) is 0 Å². The van der Waals surface area contributed by atoms with Crippen molar-refractivity contribution in [1.82, 2.24) is 10.2 Å². The fourth-order valence-electron chi connectivity index (χ4n) is 2.59. The number of likely N-dealkylation sites (tertiary alicyclic amines) is 1. The molecule has 23 heavy (non-hydrogen) atoms. The Hall–Kier alpha value is -1.89. The Labute approximate surface area is 136 Å². The maximum Gasteiger partial charge on any atom is 0.239 e. The van der Waals surface area contributed by atoms with Crippen molar-refractivity contribution in [3.05, 3.63) is 35.9 Å². The zero-order valence-electron chi connectivity index (χ0n) is 13.2. The van der Waals surface area contributed by atoms with Gasteiger partial charge < -0.3 is 10.2 Å². The van der Waals surface area contributed by atoms with E-state index in [1.807, 2.05) is 30.3 Å². The summed E-state index contributed by atoms with van der Waals surface area (Å²) in [6, 6.07) is 9.76. The molecule has 0 bridgehead atoms. The van der Waals surface area contributed by atoms with Crippen LogP contribution in [0.1, 0.15) is 24.8 Å². The molecule has 1 saturated heterocycles. The van der Waals surface area contributed by atoms with Crippen molar-refractivity contribution in [2.75, 3.05) is 31.1 Å². The first-order valence-electron chi connectivity index (χ1n) is 7.71. The molecule has 126 valence electrons. The van der Waals surface area contributed by atoms with Crippen molar-refractivity contribution in [3.8, 4) is 0 Å². The van der Waals surface area contributed by atoms with Crippen molar-refractivity contribution >= 4 is 21.7 Å². The molecule has 1 aliphatic heterocycles. The quantitative estimate of drug-likeness (QED) is 0.787. The normalized spacial score (nSPS) is 18.2. The molecule has 0 unspecified atom stereocenters. The Morgan fingerprint density at radius 2 is 2.00 bits per heavy atom. The van der Waals surface area contributed by atoms with Gasteiger partial charge >= 0.3 is 0 Å². The molecule has 0 spiro atoms. The number of nitrogens with zero attached hydrogens (tertiary/aromatic N) is 1. The van der Waals surface area contributed by atoms with Gasteiger partial charge in [-0.05, 0) is 5.56 Å². The van der Waals surface area contributed by atoms with Gasteiger partial charge in [0, 0.05) is 31.2 Å². The molecule has 1 heterocycles. The first kappa shape index (κ1) is 17.5. The van der Waals surface area contributed by atoms with Crippen LogP contribution in [0.25, 0.3) is 0 Å². The average molecular weight is 338 g/mol. The third-order valence-electron chi connectivity index (χ3n) is 4.00. The SMILES string of the molecule is CCS(=O)(=O)CCNC(=O)CN1C[C@@H](c2ccccc2)CC1=O. The fourth-order valence-corrected chi connectivity index (χ4v) is 3.29. The molecule has 0 aliphatic carbocycles. The maximum absolute atomic E-state index is 12.0. The van der Waals surface area contributed by atoms with Crippen molar-refractivity contribution in [3.63, 3.8) is 0 Å². The van der Waals surface area contributed by atoms with Gasteiger partial charge in [-0.15, -0.1) is 0 Å². The number of benzene rings is 1. The monoisotopic (exact) mass is 338 g/mol. The highest BCUT2D eigenvalue weighted by Gasteiger charge is 2.31. The molecular weight excluding hydrogens is 316 g/mol. The first-order valence-corrected chi connectivity index (χ1v) is 9.53. The zero-order chi connectivity index (χ0) is 16.9. The summed E-state index contributed by atoms with van der Waals surface area (Å²) >= 11 is 0. The van der Waals surface area contributed by atoms with E-state index >= 15 is 0 Å². The van der Waals surface area contributed by atoms with Crippen LogP contribution in [-0.2, 0) is 19.4 Å². The van der Waals surface area contributed by atoms with Crippen LogP contribution >= 0.6 is 0 Å². The molecule has 1 aromatic rings. The van der Waals surface area contributed by atoms with Gasteiger partial charge in [-0.25, -0.2) is 8.42 Å². The van der Waals surface area contributed by atoms with Crippen LogP contribution in [0, 0.1) is 0 Å². The maximum atomic E-state index is 12.0. The molecule has 0 saturated carbocycles. The van der Waals surface area contributed by atoms with Gasteiger partial charge in [0.15, 0.2) is 9.84 Å². The van der Waals surface area contributed by atoms with E-state index in [0.29, 0.717) is 13.0 Å². The van der Waals surface area contributed by atoms with E-state index in [4.69, 9.17) is 0 Å². The Bertz CT molecular complexity index is 658. The van der Waals surface area contributed by atoms with Crippen molar-refractivity contribution < 1.29 is 18.0 Å². The molecule has 1 atom stereocenters. The summed E-state index contributed by atoms with van der Waals surface area (Å²) < 4.78 is 22.7. The number of hydrogen-bond donors (Lipinski definition) is 1. The smallest absolute Gasteiger partial charge is 0.239 e. The molecule has 7 heteroatoms. The first-order chi connectivity index (χ1) is 10.9. The van der Waals surface area contributed by atoms with Gasteiger partial charge in [-0.2, -0.15) is 0 Å². The third kappa shape index (κ3) is 5.06. The lowest BCUT2D eigenvalue weighted by atomic mass is 9.99. The second-order valence-electron chi connectivity index (χ2n) is 5.67. The average Bonchev–Trinajstić information content (AvgIpc) is 2.89. The Balaban J connectivity index is 1.81. The Morgan fingerprint density at radius 1 is 1.30 bits per heavy atom. The lowest BCUT2D eigenvalue weighted by Crippen LogP contribution is -2.39. The Kier molecular flexibility index (Phi) is 5.76. The summed E-state index contributed by atoms with van der Waals surface area (Å²) in [5, 5.41) is 2.56. The summed E-state index contributed by atoms with van der Waals surface area (Å²) in [5.41, 5.74) is 1.10. The van der Waals surface area contributed by atoms with Crippen LogP contribution in [-0.4, -0.2) is 56.3 Å². The number of carbonyl (C=O) groups is 2. The number of hydrogen-bond acceptors (Lipinski definition) is 4. The van der Waals surface area contributed by atoms with Crippen molar-refractivity contribution in [2.24, 2.45) is 0 Å². The van der Waals surface area contributed by atoms with Crippen LogP contribution in [0.3, 0.4) is 0 Å². The fraction of sp³-hybridized carbons (Fsp3) is 0.500. The van der Waals surface area contributed by atoms with E-state index in [9.17, 15) is 18.0 Å². The van der Waals surface area contributed by atoms with E-state index in [1.54, 1.807) is 6.92 Å². The van der Waals surface area contributed by atoms with Crippen LogP contribution < -0.4 is 5.32 Å². The summed E-state index contributed by atoms with van der Waals surface area (Å²) in [5.74, 6) is -0.271. The summed E-state index contributed by atoms with van der Waals surface area (Å²) in [6.45, 7) is 2.15. The van der Waals surface area contributed by atoms with Crippen molar-refractivity contribution in [1.29, 1.82) is 0 Å². The van der Waals surface area contributed by atoms with Gasteiger partial charge in [0.25, 0.3) is 0 Å². The number of rotatable bonds is 7. The van der Waals surface area contributed by atoms with Crippen LogP contribution in [0.4, 0.5) is 0 Å². The van der Waals surface area contributed by atoms with E-state index in [2.05, 4.69) is 5.32 Å². The lowest BCUT2D eigenvalue weighted by molar-refractivity contribution is -0.133. The largest absolute Gasteiger partial charge is 0.354 e. The number of nitrogens with one attached hydrogen (secondary N) is 1. The zero-order valence-corrected chi connectivity index (χ0v) is 14.0. The minimum absolute atomic E-state index is 0.0195. The highest BCUT2D eigenvalue weighted by atomic mass is 32.2. The minimum Gasteiger partial charge on any atom is -0.354 e. The molecule has 6 nitrogen and oxygen atoms in total. The number of amides is 2. The summed E-state index contributed by atoms with van der Waals surface area (Å²) in [6.07, 6.45) is 0.404. The van der Waals surface area contributed by atoms with Gasteiger partial charge in [-0.3, -0.25) is 9.59 Å². The molecule has 2 amide bonds. The van der Waals surface area contributed by atoms with Gasteiger partial charge in [0.2, 0.25) is 11.8 Å². The predicted molar refractivity (Wildman–Crippen MR) is 87.7 cm³/mol. The number of sulfone groups is 1. The van der Waals surface area contributed by atoms with E-state index in [0.717, 1.165) is 5.56 Å². The summed E-state index contributed by atoms with van der Waals surface area (Å²) in [4.78, 5) is 25.4. The van der Waals surface area contributed by atoms with Gasteiger partial charge in [0.1, 0.15) is 0 Å². The molecule has 2 rings (SSSR count). The molecule has 1 N–H and O–H groups in total. The van der Waals surface area contributed by atoms with Crippen LogP contribution in [0.15, 0.2) is 30.3 Å². The molecular formula is C16H22N2O4S. The van der Waals surface area contributed by atoms with Crippen molar-refractivity contribution in [2.45, 2.75) is 19.3 Å². The van der Waals surface area contributed by atoms with E-state index < -0.39 is 9.84 Å². The van der Waals surface area contributed by atoms with Gasteiger partial charge in [0.05, 0.1) is 12.3 Å². The molecule has 1 aliphatic rings. The standard InChI is InChI=1S/C16H22N2O4S/c1-2-23(21,22)9-8-17-15(19)12-18-11-14(10-16(18)20)13-6-4-3-5-7-13/h3-7,14H,2,8-12H2,1H3,(H,17,19)/t14-/m0/s1. The van der Waals surface area contributed by atoms with E-state index in [-0.39, 0.29) is 42.3 Å². The highest BCUT2D eigenvalue weighted by Crippen LogP contribution is 2.27. The molecule has 0 radical (unpaired) electrons. The van der Waals surface area contributed by atoms with Crippen LogP contribution in [0.5, 0.6) is 0 Å². The van der Waals surface area contributed by atoms with E-state index in [1.165, 1.54) is 4.90 Å². The molecule has 1 fully saturated rings. The highest BCUT2D eigenvalue weighted by molar-refractivity contribution is 7.91. The molecule has 1 aromatic carbocycles. The third-order valence-corrected chi connectivity index (χ3v) is 5.70. The van der Waals surface area contributed by atoms with Gasteiger partial charge in [-0.1, -0.05) is 37.3 Å². The second kappa shape index (κ2) is 7.59. The summed E-state index contributed by atoms with van der Waals surface area (Å²) in [7, 11) is -3.09. The predicted octanol–water partition coefficient (Wildman–Crippen LogP) is 0.553. The second-order valence-corrected chi connectivity index (χ2v) is 8.15. The minimum atomic E-state index is -3.09. The number of carbonyl (C=O) groups excluding carboxylic acids is 2. The lowest BCUT2D eigenvalue weighted by Gasteiger charge is -2.16. The molecule has 0 aromatic heterocycles. The topological polar surface area (TPSA) is 83.6 Å². The Morgan fingerprint density at radius 3 is 2.65 bits per heavy atom.